The second kappa shape index (κ2) is 9.56. The Labute approximate surface area is 213 Å². The normalized spacial score (nSPS) is 18.2. The molecule has 3 heterocycles. The molecule has 2 aromatic heterocycles. The molecule has 0 unspecified atom stereocenters. The minimum Gasteiger partial charge on any atom is -0.493 e. The van der Waals surface area contributed by atoms with Crippen LogP contribution in [0.3, 0.4) is 0 Å². The van der Waals surface area contributed by atoms with Gasteiger partial charge in [-0.1, -0.05) is 0 Å². The number of morpholine rings is 1. The number of halogens is 1. The zero-order valence-corrected chi connectivity index (χ0v) is 21.5. The van der Waals surface area contributed by atoms with E-state index < -0.39 is 5.56 Å². The van der Waals surface area contributed by atoms with Crippen molar-refractivity contribution in [2.75, 3.05) is 58.6 Å². The van der Waals surface area contributed by atoms with Crippen LogP contribution in [0.5, 0.6) is 11.5 Å². The molecule has 1 saturated heterocycles. The number of hydrogen-bond acceptors (Lipinski definition) is 8. The Balaban J connectivity index is 1.58. The minimum absolute atomic E-state index is 0.00489. The zero-order chi connectivity index (χ0) is 26.4. The van der Waals surface area contributed by atoms with Crippen LogP contribution >= 0.6 is 0 Å². The molecule has 2 aromatic carbocycles. The fraction of sp³-hybridized carbons (Fsp3) is 0.385. The molecule has 0 saturated carbocycles. The number of aromatic nitrogens is 3. The highest BCUT2D eigenvalue weighted by Crippen LogP contribution is 2.36. The van der Waals surface area contributed by atoms with Crippen LogP contribution in [0.15, 0.2) is 29.1 Å². The van der Waals surface area contributed by atoms with Crippen molar-refractivity contribution in [2.45, 2.75) is 19.1 Å². The second-order valence-electron chi connectivity index (χ2n) is 9.62. The second-order valence-corrected chi connectivity index (χ2v) is 9.62. The molecule has 11 heteroatoms. The van der Waals surface area contributed by atoms with Crippen LogP contribution in [0.25, 0.3) is 33.3 Å². The van der Waals surface area contributed by atoms with E-state index in [9.17, 15) is 4.79 Å². The molecule has 196 valence electrons. The highest BCUT2D eigenvalue weighted by atomic mass is 19.1. The third-order valence-electron chi connectivity index (χ3n) is 6.73. The van der Waals surface area contributed by atoms with Crippen LogP contribution < -0.4 is 25.7 Å². The molecule has 0 spiro atoms. The van der Waals surface area contributed by atoms with Gasteiger partial charge in [0, 0.05) is 36.7 Å². The van der Waals surface area contributed by atoms with Gasteiger partial charge in [-0.25, -0.2) is 9.37 Å². The molecule has 2 atom stereocenters. The molecule has 4 N–H and O–H groups in total. The lowest BCUT2D eigenvalue weighted by molar-refractivity contribution is 0.00859. The number of benzene rings is 2. The molecule has 0 aliphatic carbocycles. The van der Waals surface area contributed by atoms with Crippen molar-refractivity contribution in [2.24, 2.45) is 0 Å². The Kier molecular flexibility index (Phi) is 6.42. The van der Waals surface area contributed by atoms with Crippen molar-refractivity contribution in [3.8, 4) is 22.9 Å². The number of anilines is 2. The summed E-state index contributed by atoms with van der Waals surface area (Å²) in [5.74, 6) is 0.817. The first-order chi connectivity index (χ1) is 17.7. The predicted octanol–water partition coefficient (Wildman–Crippen LogP) is 2.97. The van der Waals surface area contributed by atoms with Crippen molar-refractivity contribution in [1.82, 2.24) is 19.9 Å². The quantitative estimate of drug-likeness (QED) is 0.362. The maximum absolute atomic E-state index is 15.3. The van der Waals surface area contributed by atoms with E-state index in [2.05, 4.69) is 19.9 Å². The SMILES string of the molecule is COc1cc2[nH]c(=O)c(-c3nc4cc(N5C[C@H](CN(C)C)OC[C@@H]5C)c(F)cc4[nH]3)c(N)c2cc1OC. The fourth-order valence-electron chi connectivity index (χ4n) is 4.91. The maximum atomic E-state index is 15.3. The Morgan fingerprint density at radius 3 is 2.59 bits per heavy atom. The van der Waals surface area contributed by atoms with Crippen LogP contribution in [-0.4, -0.2) is 80.0 Å². The van der Waals surface area contributed by atoms with Crippen molar-refractivity contribution in [3.63, 3.8) is 0 Å². The van der Waals surface area contributed by atoms with Gasteiger partial charge in [0.25, 0.3) is 5.56 Å². The average molecular weight is 511 g/mol. The lowest BCUT2D eigenvalue weighted by atomic mass is 10.1. The van der Waals surface area contributed by atoms with Gasteiger partial charge >= 0.3 is 0 Å². The summed E-state index contributed by atoms with van der Waals surface area (Å²) >= 11 is 0. The molecule has 0 radical (unpaired) electrons. The number of methoxy groups -OCH3 is 2. The average Bonchev–Trinajstić information content (AvgIpc) is 3.25. The first-order valence-electron chi connectivity index (χ1n) is 12.0. The molecule has 1 aliphatic rings. The summed E-state index contributed by atoms with van der Waals surface area (Å²) in [5.41, 5.74) is 8.38. The first-order valence-corrected chi connectivity index (χ1v) is 12.0. The van der Waals surface area contributed by atoms with Crippen molar-refractivity contribution >= 4 is 33.3 Å². The van der Waals surface area contributed by atoms with E-state index in [1.54, 1.807) is 18.2 Å². The number of hydrogen-bond donors (Lipinski definition) is 3. The van der Waals surface area contributed by atoms with E-state index in [4.69, 9.17) is 19.9 Å². The predicted molar refractivity (Wildman–Crippen MR) is 142 cm³/mol. The third kappa shape index (κ3) is 4.44. The standard InChI is InChI=1S/C26H31FN6O4/c1-13-12-37-14(10-32(2)3)11-33(13)20-8-19-18(7-16(20)27)29-25(30-19)23-24(28)15-6-21(35-4)22(36-5)9-17(15)31-26(23)34/h6-9,13-14H,10-12H2,1-5H3,(H,29,30)(H3,28,31,34)/t13-,14-/m0/s1. The molecule has 1 aliphatic heterocycles. The summed E-state index contributed by atoms with van der Waals surface area (Å²) in [4.78, 5) is 27.7. The molecule has 1 fully saturated rings. The lowest BCUT2D eigenvalue weighted by Gasteiger charge is -2.40. The highest BCUT2D eigenvalue weighted by Gasteiger charge is 2.29. The molecule has 10 nitrogen and oxygen atoms in total. The summed E-state index contributed by atoms with van der Waals surface area (Å²) in [7, 11) is 7.00. The topological polar surface area (TPSA) is 122 Å². The van der Waals surface area contributed by atoms with Crippen LogP contribution in [0.1, 0.15) is 6.92 Å². The third-order valence-corrected chi connectivity index (χ3v) is 6.73. The van der Waals surface area contributed by atoms with Gasteiger partial charge in [0.1, 0.15) is 17.2 Å². The van der Waals surface area contributed by atoms with Crippen LogP contribution in [0.2, 0.25) is 0 Å². The number of fused-ring (bicyclic) bond motifs is 2. The Bertz CT molecular complexity index is 1530. The van der Waals surface area contributed by atoms with Gasteiger partial charge in [0.2, 0.25) is 0 Å². The number of likely N-dealkylation sites (N-methyl/N-ethyl adjacent to an activating group) is 1. The molecule has 4 aromatic rings. The summed E-state index contributed by atoms with van der Waals surface area (Å²) in [6.45, 7) is 3.80. The highest BCUT2D eigenvalue weighted by molar-refractivity contribution is 5.99. The van der Waals surface area contributed by atoms with Crippen molar-refractivity contribution in [1.29, 1.82) is 0 Å². The molecule has 0 amide bonds. The van der Waals surface area contributed by atoms with E-state index in [1.165, 1.54) is 20.3 Å². The number of nitrogens with zero attached hydrogens (tertiary/aromatic N) is 3. The van der Waals surface area contributed by atoms with Crippen LogP contribution in [0, 0.1) is 5.82 Å². The van der Waals surface area contributed by atoms with Crippen LogP contribution in [0.4, 0.5) is 15.8 Å². The van der Waals surface area contributed by atoms with E-state index in [-0.39, 0.29) is 35.0 Å². The van der Waals surface area contributed by atoms with Gasteiger partial charge in [-0.15, -0.1) is 0 Å². The van der Waals surface area contributed by atoms with Gasteiger partial charge in [-0.2, -0.15) is 0 Å². The number of rotatable bonds is 6. The number of nitrogen functional groups attached to an aromatic ring is 1. The zero-order valence-electron chi connectivity index (χ0n) is 21.5. The molecule has 0 bridgehead atoms. The number of nitrogens with two attached hydrogens (primary N) is 1. The number of aromatic amines is 2. The largest absolute Gasteiger partial charge is 0.493 e. The summed E-state index contributed by atoms with van der Waals surface area (Å²) < 4.78 is 32.0. The van der Waals surface area contributed by atoms with E-state index >= 15 is 4.39 Å². The van der Waals surface area contributed by atoms with Crippen LogP contribution in [-0.2, 0) is 4.74 Å². The van der Waals surface area contributed by atoms with Crippen molar-refractivity contribution < 1.29 is 18.6 Å². The molecular weight excluding hydrogens is 479 g/mol. The Morgan fingerprint density at radius 2 is 1.89 bits per heavy atom. The molecule has 37 heavy (non-hydrogen) atoms. The minimum atomic E-state index is -0.426. The number of nitrogens with one attached hydrogen (secondary N) is 2. The van der Waals surface area contributed by atoms with E-state index in [0.717, 1.165) is 6.54 Å². The summed E-state index contributed by atoms with van der Waals surface area (Å²) in [5, 5.41) is 0.577. The van der Waals surface area contributed by atoms with Gasteiger partial charge in [0.15, 0.2) is 11.5 Å². The maximum Gasteiger partial charge on any atom is 0.261 e. The smallest absolute Gasteiger partial charge is 0.261 e. The summed E-state index contributed by atoms with van der Waals surface area (Å²) in [6, 6.07) is 6.47. The number of H-pyrrole nitrogens is 2. The number of imidazole rings is 1. The molecular formula is C26H31FN6O4. The van der Waals surface area contributed by atoms with E-state index in [1.807, 2.05) is 25.9 Å². The lowest BCUT2D eigenvalue weighted by Crippen LogP contribution is -2.51. The van der Waals surface area contributed by atoms with Gasteiger partial charge in [-0.05, 0) is 33.2 Å². The van der Waals surface area contributed by atoms with Gasteiger partial charge in [-0.3, -0.25) is 4.79 Å². The Morgan fingerprint density at radius 1 is 1.16 bits per heavy atom. The Hall–Kier alpha value is -3.83. The van der Waals surface area contributed by atoms with Gasteiger partial charge < -0.3 is 39.7 Å². The number of ether oxygens (including phenoxy) is 3. The number of pyridine rings is 1. The van der Waals surface area contributed by atoms with E-state index in [0.29, 0.717) is 52.3 Å². The van der Waals surface area contributed by atoms with Crippen molar-refractivity contribution in [3.05, 3.63) is 40.4 Å². The fourth-order valence-corrected chi connectivity index (χ4v) is 4.91. The summed E-state index contributed by atoms with van der Waals surface area (Å²) in [6.07, 6.45) is -0.0392. The monoisotopic (exact) mass is 510 g/mol. The van der Waals surface area contributed by atoms with Gasteiger partial charge in [0.05, 0.1) is 54.9 Å². The molecule has 5 rings (SSSR count). The first kappa shape index (κ1) is 24.8.